The van der Waals surface area contributed by atoms with E-state index in [0.717, 1.165) is 0 Å². The Hall–Kier alpha value is -1.72. The van der Waals surface area contributed by atoms with E-state index in [0.29, 0.717) is 33.3 Å². The van der Waals surface area contributed by atoms with E-state index in [1.54, 1.807) is 51.0 Å². The summed E-state index contributed by atoms with van der Waals surface area (Å²) in [4.78, 5) is 28.1. The van der Waals surface area contributed by atoms with Crippen LogP contribution in [0.15, 0.2) is 29.5 Å². The second kappa shape index (κ2) is 7.45. The summed E-state index contributed by atoms with van der Waals surface area (Å²) in [5.74, 6) is -0.690. The first-order valence-corrected chi connectivity index (χ1v) is 8.34. The predicted molar refractivity (Wildman–Crippen MR) is 93.8 cm³/mol. The molecular formula is C17H20Cl2N2O3. The summed E-state index contributed by atoms with van der Waals surface area (Å²) >= 11 is 12.4. The van der Waals surface area contributed by atoms with E-state index >= 15 is 0 Å². The maximum atomic E-state index is 12.8. The van der Waals surface area contributed by atoms with Crippen molar-refractivity contribution in [2.45, 2.75) is 26.4 Å². The Morgan fingerprint density at radius 2 is 1.79 bits per heavy atom. The van der Waals surface area contributed by atoms with Crippen molar-refractivity contribution < 1.29 is 14.3 Å². The van der Waals surface area contributed by atoms with Gasteiger partial charge in [0.25, 0.3) is 5.91 Å². The van der Waals surface area contributed by atoms with Crippen molar-refractivity contribution in [3.63, 3.8) is 0 Å². The van der Waals surface area contributed by atoms with Crippen LogP contribution in [0, 0.1) is 0 Å². The summed E-state index contributed by atoms with van der Waals surface area (Å²) in [6.45, 7) is 3.79. The lowest BCUT2D eigenvalue weighted by Crippen LogP contribution is -2.56. The number of benzene rings is 1. The van der Waals surface area contributed by atoms with Gasteiger partial charge in [-0.15, -0.1) is 0 Å². The fourth-order valence-electron chi connectivity index (χ4n) is 2.75. The van der Waals surface area contributed by atoms with Crippen LogP contribution >= 0.6 is 23.2 Å². The number of hydrogen-bond acceptors (Lipinski definition) is 4. The zero-order valence-electron chi connectivity index (χ0n) is 14.1. The van der Waals surface area contributed by atoms with Gasteiger partial charge in [-0.1, -0.05) is 29.3 Å². The highest BCUT2D eigenvalue weighted by Gasteiger charge is 2.39. The molecule has 0 saturated carbocycles. The number of allylic oxidation sites excluding steroid dienone is 1. The molecule has 0 fully saturated rings. The molecule has 1 aromatic rings. The van der Waals surface area contributed by atoms with Crippen molar-refractivity contribution in [2.24, 2.45) is 0 Å². The molecule has 1 unspecified atom stereocenters. The van der Waals surface area contributed by atoms with Crippen LogP contribution in [0.25, 0.3) is 0 Å². The van der Waals surface area contributed by atoms with Crippen LogP contribution in [-0.2, 0) is 20.7 Å². The average Bonchev–Trinajstić information content (AvgIpc) is 2.52. The molecule has 130 valence electrons. The van der Waals surface area contributed by atoms with Crippen molar-refractivity contribution >= 4 is 35.1 Å². The first-order chi connectivity index (χ1) is 11.3. The summed E-state index contributed by atoms with van der Waals surface area (Å²) in [5, 5.41) is 1.02. The van der Waals surface area contributed by atoms with Gasteiger partial charge >= 0.3 is 5.97 Å². The van der Waals surface area contributed by atoms with Gasteiger partial charge in [0, 0.05) is 41.8 Å². The third kappa shape index (κ3) is 3.37. The third-order valence-electron chi connectivity index (χ3n) is 4.19. The zero-order valence-corrected chi connectivity index (χ0v) is 15.6. The van der Waals surface area contributed by atoms with Crippen LogP contribution in [0.3, 0.4) is 0 Å². The van der Waals surface area contributed by atoms with Gasteiger partial charge in [0.15, 0.2) is 0 Å². The predicted octanol–water partition coefficient (Wildman–Crippen LogP) is 3.10. The van der Waals surface area contributed by atoms with E-state index in [-0.39, 0.29) is 12.5 Å². The lowest BCUT2D eigenvalue weighted by Gasteiger charge is -2.40. The number of ether oxygens (including phenoxy) is 1. The fraction of sp³-hybridized carbons (Fsp3) is 0.412. The summed E-state index contributed by atoms with van der Waals surface area (Å²) in [7, 11) is 3.34. The van der Waals surface area contributed by atoms with E-state index in [4.69, 9.17) is 27.9 Å². The van der Waals surface area contributed by atoms with Crippen molar-refractivity contribution in [1.29, 1.82) is 0 Å². The van der Waals surface area contributed by atoms with E-state index in [1.807, 2.05) is 0 Å². The van der Waals surface area contributed by atoms with Gasteiger partial charge in [-0.3, -0.25) is 4.79 Å². The molecule has 0 spiro atoms. The maximum Gasteiger partial charge on any atom is 0.350 e. The van der Waals surface area contributed by atoms with E-state index in [9.17, 15) is 9.59 Å². The van der Waals surface area contributed by atoms with Crippen molar-refractivity contribution in [3.05, 3.63) is 45.1 Å². The number of esters is 1. The first-order valence-electron chi connectivity index (χ1n) is 7.58. The summed E-state index contributed by atoms with van der Waals surface area (Å²) in [5.41, 5.74) is 1.95. The summed E-state index contributed by atoms with van der Waals surface area (Å²) < 4.78 is 5.07. The SMILES string of the molecule is CCOC(=O)C1N(C)C(=O)C(Cc2c(Cl)cccc2Cl)=C(C)N1C. The smallest absolute Gasteiger partial charge is 0.350 e. The zero-order chi connectivity index (χ0) is 18.0. The van der Waals surface area contributed by atoms with E-state index in [2.05, 4.69) is 0 Å². The number of hydrogen-bond donors (Lipinski definition) is 0. The topological polar surface area (TPSA) is 49.9 Å². The van der Waals surface area contributed by atoms with E-state index in [1.165, 1.54) is 4.90 Å². The quantitative estimate of drug-likeness (QED) is 0.764. The number of carbonyl (C=O) groups is 2. The molecule has 0 radical (unpaired) electrons. The lowest BCUT2D eigenvalue weighted by molar-refractivity contribution is -0.160. The van der Waals surface area contributed by atoms with Crippen LogP contribution < -0.4 is 0 Å². The number of rotatable bonds is 4. The number of nitrogens with zero attached hydrogens (tertiary/aromatic N) is 2. The highest BCUT2D eigenvalue weighted by atomic mass is 35.5. The minimum absolute atomic E-state index is 0.236. The lowest BCUT2D eigenvalue weighted by atomic mass is 9.99. The minimum Gasteiger partial charge on any atom is -0.463 e. The standard InChI is InChI=1S/C17H20Cl2N2O3/c1-5-24-17(23)15-20(3)10(2)11(16(22)21(15)4)9-12-13(18)7-6-8-14(12)19/h6-8,15H,5,9H2,1-4H3. The number of amides is 1. The molecule has 0 bridgehead atoms. The minimum atomic E-state index is -0.775. The van der Waals surface area contributed by atoms with Gasteiger partial charge < -0.3 is 14.5 Å². The first kappa shape index (κ1) is 18.6. The number of halogens is 2. The Balaban J connectivity index is 2.40. The highest BCUT2D eigenvalue weighted by Crippen LogP contribution is 2.31. The molecule has 7 heteroatoms. The molecule has 0 aromatic heterocycles. The fourth-order valence-corrected chi connectivity index (χ4v) is 3.28. The largest absolute Gasteiger partial charge is 0.463 e. The van der Waals surface area contributed by atoms with Gasteiger partial charge in [0.2, 0.25) is 6.17 Å². The molecule has 1 aromatic carbocycles. The Labute approximate surface area is 151 Å². The second-order valence-electron chi connectivity index (χ2n) is 5.59. The molecule has 0 saturated heterocycles. The van der Waals surface area contributed by atoms with Gasteiger partial charge in [-0.2, -0.15) is 0 Å². The van der Waals surface area contributed by atoms with Gasteiger partial charge in [-0.25, -0.2) is 4.79 Å². The molecule has 0 aliphatic carbocycles. The molecule has 5 nitrogen and oxygen atoms in total. The van der Waals surface area contributed by atoms with Crippen LogP contribution in [0.2, 0.25) is 10.0 Å². The van der Waals surface area contributed by atoms with Crippen molar-refractivity contribution in [2.75, 3.05) is 20.7 Å². The van der Waals surface area contributed by atoms with Gasteiger partial charge in [-0.05, 0) is 31.5 Å². The van der Waals surface area contributed by atoms with Gasteiger partial charge in [0.05, 0.1) is 6.61 Å². The summed E-state index contributed by atoms with van der Waals surface area (Å²) in [6.07, 6.45) is -0.476. The van der Waals surface area contributed by atoms with Crippen LogP contribution in [-0.4, -0.2) is 48.5 Å². The van der Waals surface area contributed by atoms with Crippen LogP contribution in [0.4, 0.5) is 0 Å². The van der Waals surface area contributed by atoms with E-state index < -0.39 is 12.1 Å². The Bertz CT molecular complexity index is 683. The third-order valence-corrected chi connectivity index (χ3v) is 4.90. The average molecular weight is 371 g/mol. The molecule has 1 aliphatic rings. The molecule has 1 amide bonds. The Morgan fingerprint density at radius 3 is 2.33 bits per heavy atom. The molecule has 24 heavy (non-hydrogen) atoms. The highest BCUT2D eigenvalue weighted by molar-refractivity contribution is 6.36. The summed E-state index contributed by atoms with van der Waals surface area (Å²) in [6, 6.07) is 5.23. The van der Waals surface area contributed by atoms with Crippen molar-refractivity contribution in [1.82, 2.24) is 9.80 Å². The molecule has 1 aliphatic heterocycles. The van der Waals surface area contributed by atoms with Crippen molar-refractivity contribution in [3.8, 4) is 0 Å². The second-order valence-corrected chi connectivity index (χ2v) is 6.41. The van der Waals surface area contributed by atoms with Crippen LogP contribution in [0.5, 0.6) is 0 Å². The normalized spacial score (nSPS) is 18.2. The molecular weight excluding hydrogens is 351 g/mol. The van der Waals surface area contributed by atoms with Crippen LogP contribution in [0.1, 0.15) is 19.4 Å². The molecule has 1 atom stereocenters. The maximum absolute atomic E-state index is 12.8. The Kier molecular flexibility index (Phi) is 5.78. The monoisotopic (exact) mass is 370 g/mol. The number of carbonyl (C=O) groups excluding carboxylic acids is 2. The molecule has 2 rings (SSSR count). The number of likely N-dealkylation sites (N-methyl/N-ethyl adjacent to an activating group) is 2. The van der Waals surface area contributed by atoms with Gasteiger partial charge in [0.1, 0.15) is 0 Å². The molecule has 0 N–H and O–H groups in total. The Morgan fingerprint density at radius 1 is 1.21 bits per heavy atom. The molecule has 1 heterocycles.